The molecule has 1 fully saturated rings. The Morgan fingerprint density at radius 3 is 2.65 bits per heavy atom. The normalized spacial score (nSPS) is 23.8. The predicted molar refractivity (Wildman–Crippen MR) is 87.0 cm³/mol. The van der Waals surface area contributed by atoms with Crippen molar-refractivity contribution in [3.63, 3.8) is 0 Å². The molecule has 1 atom stereocenters. The van der Waals surface area contributed by atoms with Crippen molar-refractivity contribution in [2.45, 2.75) is 5.37 Å². The molecule has 0 bridgehead atoms. The smallest absolute Gasteiger partial charge is 0.198 e. The summed E-state index contributed by atoms with van der Waals surface area (Å²) in [6, 6.07) is 10.4. The lowest BCUT2D eigenvalue weighted by Gasteiger charge is -2.37. The molecular weight excluding hydrogens is 290 g/mol. The van der Waals surface area contributed by atoms with Crippen LogP contribution in [0.2, 0.25) is 0 Å². The van der Waals surface area contributed by atoms with Crippen LogP contribution in [0.3, 0.4) is 0 Å². The molecule has 1 saturated heterocycles. The summed E-state index contributed by atoms with van der Waals surface area (Å²) >= 11 is 7.18. The average molecular weight is 307 g/mol. The minimum Gasteiger partial charge on any atom is -0.378 e. The number of amidine groups is 1. The van der Waals surface area contributed by atoms with Crippen LogP contribution in [0, 0.1) is 0 Å². The second-order valence-electron chi connectivity index (χ2n) is 4.77. The van der Waals surface area contributed by atoms with Crippen molar-refractivity contribution in [2.75, 3.05) is 33.4 Å². The third-order valence-corrected chi connectivity index (χ3v) is 5.18. The quantitative estimate of drug-likeness (QED) is 0.743. The molecule has 0 radical (unpaired) electrons. The summed E-state index contributed by atoms with van der Waals surface area (Å²) in [5.74, 6) is 0. The third-order valence-electron chi connectivity index (χ3n) is 3.43. The lowest BCUT2D eigenvalue weighted by molar-refractivity contribution is 0.0693. The summed E-state index contributed by atoms with van der Waals surface area (Å²) in [5, 5.41) is 1.86. The van der Waals surface area contributed by atoms with Crippen molar-refractivity contribution < 1.29 is 4.74 Å². The van der Waals surface area contributed by atoms with Gasteiger partial charge in [-0.25, -0.2) is 0 Å². The average Bonchev–Trinajstić information content (AvgIpc) is 2.51. The van der Waals surface area contributed by atoms with Crippen molar-refractivity contribution in [1.29, 1.82) is 0 Å². The highest BCUT2D eigenvalue weighted by Gasteiger charge is 2.30. The maximum Gasteiger partial charge on any atom is 0.198 e. The van der Waals surface area contributed by atoms with Crippen LogP contribution >= 0.6 is 24.0 Å². The zero-order chi connectivity index (χ0) is 13.9. The van der Waals surface area contributed by atoms with Crippen LogP contribution in [0.4, 0.5) is 0 Å². The number of rotatable bonds is 1. The number of hydrogen-bond donors (Lipinski definition) is 0. The summed E-state index contributed by atoms with van der Waals surface area (Å²) in [6.45, 7) is 3.30. The predicted octanol–water partition coefficient (Wildman–Crippen LogP) is 2.34. The summed E-state index contributed by atoms with van der Waals surface area (Å²) < 4.78 is 5.40. The zero-order valence-electron chi connectivity index (χ0n) is 11.4. The summed E-state index contributed by atoms with van der Waals surface area (Å²) in [4.78, 5) is 8.89. The largest absolute Gasteiger partial charge is 0.378 e. The van der Waals surface area contributed by atoms with Gasteiger partial charge in [-0.3, -0.25) is 0 Å². The number of aliphatic imine (C=N–C) groups is 1. The van der Waals surface area contributed by atoms with E-state index >= 15 is 0 Å². The molecule has 6 heteroatoms. The molecule has 0 unspecified atom stereocenters. The third kappa shape index (κ3) is 2.82. The van der Waals surface area contributed by atoms with Crippen LogP contribution in [0.25, 0.3) is 0 Å². The van der Waals surface area contributed by atoms with Crippen molar-refractivity contribution in [2.24, 2.45) is 4.99 Å². The molecule has 2 aliphatic rings. The highest BCUT2D eigenvalue weighted by Crippen LogP contribution is 2.37. The van der Waals surface area contributed by atoms with Crippen LogP contribution in [0.1, 0.15) is 10.9 Å². The first-order valence-electron chi connectivity index (χ1n) is 6.65. The first-order valence-corrected chi connectivity index (χ1v) is 7.94. The molecule has 0 aromatic heterocycles. The molecule has 2 aliphatic heterocycles. The Morgan fingerprint density at radius 1 is 1.25 bits per heavy atom. The van der Waals surface area contributed by atoms with E-state index in [1.165, 1.54) is 5.56 Å². The van der Waals surface area contributed by atoms with Gasteiger partial charge in [0.25, 0.3) is 0 Å². The summed E-state index contributed by atoms with van der Waals surface area (Å²) in [7, 11) is 2.01. The molecule has 0 N–H and O–H groups in total. The lowest BCUT2D eigenvalue weighted by atomic mass is 10.2. The first kappa shape index (κ1) is 13.9. The van der Waals surface area contributed by atoms with Gasteiger partial charge in [-0.1, -0.05) is 42.1 Å². The topological polar surface area (TPSA) is 28.1 Å². The number of benzene rings is 1. The molecule has 0 saturated carbocycles. The Hall–Kier alpha value is -1.11. The van der Waals surface area contributed by atoms with Gasteiger partial charge < -0.3 is 14.5 Å². The van der Waals surface area contributed by atoms with E-state index in [-0.39, 0.29) is 5.37 Å². The Kier molecular flexibility index (Phi) is 4.24. The Morgan fingerprint density at radius 2 is 1.95 bits per heavy atom. The molecule has 20 heavy (non-hydrogen) atoms. The van der Waals surface area contributed by atoms with Crippen molar-refractivity contribution in [3.05, 3.63) is 35.9 Å². The van der Waals surface area contributed by atoms with Crippen molar-refractivity contribution in [3.8, 4) is 0 Å². The Labute approximate surface area is 128 Å². The van der Waals surface area contributed by atoms with Crippen LogP contribution < -0.4 is 0 Å². The van der Waals surface area contributed by atoms with Gasteiger partial charge in [0.1, 0.15) is 5.37 Å². The standard InChI is InChI=1S/C14H17N3OS2/c1-16-12(11-5-3-2-4-6-11)20-14(15-13(16)19)17-7-9-18-10-8-17/h2-6,12H,7-10H2,1H3/t12-/m0/s1. The van der Waals surface area contributed by atoms with E-state index in [1.54, 1.807) is 11.8 Å². The molecule has 4 nitrogen and oxygen atoms in total. The minimum absolute atomic E-state index is 0.194. The molecule has 0 amide bonds. The fourth-order valence-corrected chi connectivity index (χ4v) is 3.81. The van der Waals surface area contributed by atoms with Crippen LogP contribution in [0.15, 0.2) is 35.3 Å². The van der Waals surface area contributed by atoms with Gasteiger partial charge in [-0.2, -0.15) is 4.99 Å². The van der Waals surface area contributed by atoms with Gasteiger partial charge in [-0.15, -0.1) is 0 Å². The van der Waals surface area contributed by atoms with E-state index in [9.17, 15) is 0 Å². The molecule has 0 aliphatic carbocycles. The molecule has 0 spiro atoms. The van der Waals surface area contributed by atoms with Crippen molar-refractivity contribution >= 4 is 34.3 Å². The number of nitrogens with zero attached hydrogens (tertiary/aromatic N) is 3. The molecule has 1 aromatic carbocycles. The van der Waals surface area contributed by atoms with E-state index in [2.05, 4.69) is 39.1 Å². The van der Waals surface area contributed by atoms with Gasteiger partial charge in [0.15, 0.2) is 10.3 Å². The number of thioether (sulfide) groups is 1. The Balaban J connectivity index is 1.83. The first-order chi connectivity index (χ1) is 9.75. The Bertz CT molecular complexity index is 514. The molecular formula is C14H17N3OS2. The van der Waals surface area contributed by atoms with Gasteiger partial charge in [0, 0.05) is 20.1 Å². The van der Waals surface area contributed by atoms with Gasteiger partial charge >= 0.3 is 0 Å². The zero-order valence-corrected chi connectivity index (χ0v) is 13.0. The second-order valence-corrected chi connectivity index (χ2v) is 6.18. The highest BCUT2D eigenvalue weighted by molar-refractivity contribution is 8.14. The number of ether oxygens (including phenoxy) is 1. The van der Waals surface area contributed by atoms with E-state index < -0.39 is 0 Å². The SMILES string of the molecule is CN1C(=S)N=C(N2CCOCC2)S[C@H]1c1ccccc1. The number of thiocarbonyl (C=S) groups is 1. The maximum absolute atomic E-state index is 5.42. The second kappa shape index (κ2) is 6.11. The van der Waals surface area contributed by atoms with Crippen LogP contribution in [-0.2, 0) is 4.74 Å². The fraction of sp³-hybridized carbons (Fsp3) is 0.429. The van der Waals surface area contributed by atoms with E-state index in [4.69, 9.17) is 17.0 Å². The van der Waals surface area contributed by atoms with Gasteiger partial charge in [0.2, 0.25) is 0 Å². The molecule has 106 valence electrons. The summed E-state index contributed by atoms with van der Waals surface area (Å²) in [5.41, 5.74) is 1.25. The molecule has 1 aromatic rings. The summed E-state index contributed by atoms with van der Waals surface area (Å²) in [6.07, 6.45) is 0. The van der Waals surface area contributed by atoms with Gasteiger partial charge in [-0.05, 0) is 17.8 Å². The van der Waals surface area contributed by atoms with E-state index in [1.807, 2.05) is 13.1 Å². The number of hydrogen-bond acceptors (Lipinski definition) is 4. The van der Waals surface area contributed by atoms with E-state index in [0.29, 0.717) is 5.11 Å². The van der Waals surface area contributed by atoms with Crippen LogP contribution in [0.5, 0.6) is 0 Å². The van der Waals surface area contributed by atoms with Crippen molar-refractivity contribution in [1.82, 2.24) is 9.80 Å². The van der Waals surface area contributed by atoms with Crippen LogP contribution in [-0.4, -0.2) is 53.4 Å². The van der Waals surface area contributed by atoms with E-state index in [0.717, 1.165) is 31.5 Å². The maximum atomic E-state index is 5.42. The number of morpholine rings is 1. The fourth-order valence-electron chi connectivity index (χ4n) is 2.28. The monoisotopic (exact) mass is 307 g/mol. The van der Waals surface area contributed by atoms with Gasteiger partial charge in [0.05, 0.1) is 13.2 Å². The lowest BCUT2D eigenvalue weighted by Crippen LogP contribution is -2.43. The molecule has 3 rings (SSSR count). The highest BCUT2D eigenvalue weighted by atomic mass is 32.2. The molecule has 2 heterocycles. The minimum atomic E-state index is 0.194.